The Morgan fingerprint density at radius 3 is 2.73 bits per heavy atom. The third-order valence-electron chi connectivity index (χ3n) is 4.97. The van der Waals surface area contributed by atoms with E-state index in [0.29, 0.717) is 12.1 Å². The van der Waals surface area contributed by atoms with Gasteiger partial charge in [-0.3, -0.25) is 19.8 Å². The summed E-state index contributed by atoms with van der Waals surface area (Å²) in [4.78, 5) is 25.1. The van der Waals surface area contributed by atoms with Gasteiger partial charge in [-0.05, 0) is 30.0 Å². The molecule has 0 aliphatic carbocycles. The van der Waals surface area contributed by atoms with Crippen molar-refractivity contribution in [1.29, 1.82) is 0 Å². The molecule has 26 heavy (non-hydrogen) atoms. The summed E-state index contributed by atoms with van der Waals surface area (Å²) in [5.41, 5.74) is 3.00. The molecule has 0 bridgehead atoms. The van der Waals surface area contributed by atoms with Gasteiger partial charge in [-0.2, -0.15) is 0 Å². The van der Waals surface area contributed by atoms with Gasteiger partial charge in [0.15, 0.2) is 0 Å². The molecule has 1 aliphatic rings. The molecular formula is C20H23N3O3. The Morgan fingerprint density at radius 2 is 2.00 bits per heavy atom. The first kappa shape index (κ1) is 18.1. The number of nitrogens with zero attached hydrogens (tertiary/aromatic N) is 2. The number of non-ortho nitro benzene ring substituents is 1. The van der Waals surface area contributed by atoms with Crippen LogP contribution in [0.25, 0.3) is 0 Å². The number of carbonyl (C=O) groups is 1. The number of nitro groups is 1. The summed E-state index contributed by atoms with van der Waals surface area (Å²) in [6.45, 7) is 4.51. The highest BCUT2D eigenvalue weighted by molar-refractivity contribution is 5.94. The van der Waals surface area contributed by atoms with Crippen LogP contribution in [0.4, 0.5) is 5.69 Å². The third-order valence-corrected chi connectivity index (χ3v) is 4.97. The van der Waals surface area contributed by atoms with E-state index < -0.39 is 4.92 Å². The van der Waals surface area contributed by atoms with Crippen LogP contribution >= 0.6 is 0 Å². The lowest BCUT2D eigenvalue weighted by atomic mass is 9.98. The molecule has 2 aromatic carbocycles. The number of carbonyl (C=O) groups excluding carboxylic acids is 1. The number of rotatable bonds is 6. The van der Waals surface area contributed by atoms with E-state index in [9.17, 15) is 14.9 Å². The lowest BCUT2D eigenvalue weighted by Crippen LogP contribution is -2.45. The summed E-state index contributed by atoms with van der Waals surface area (Å²) < 4.78 is 0. The van der Waals surface area contributed by atoms with Gasteiger partial charge in [-0.1, -0.05) is 37.3 Å². The maximum Gasteiger partial charge on any atom is 0.270 e. The largest absolute Gasteiger partial charge is 0.350 e. The number of hydrogen-bond donors (Lipinski definition) is 1. The second-order valence-corrected chi connectivity index (χ2v) is 6.57. The highest BCUT2D eigenvalue weighted by atomic mass is 16.6. The van der Waals surface area contributed by atoms with Gasteiger partial charge in [0.2, 0.25) is 0 Å². The molecule has 1 aliphatic heterocycles. The Morgan fingerprint density at radius 1 is 1.23 bits per heavy atom. The molecule has 0 unspecified atom stereocenters. The summed E-state index contributed by atoms with van der Waals surface area (Å²) in [7, 11) is 0. The number of benzene rings is 2. The van der Waals surface area contributed by atoms with Crippen molar-refractivity contribution in [3.05, 3.63) is 75.3 Å². The maximum atomic E-state index is 12.4. The van der Waals surface area contributed by atoms with Crippen LogP contribution in [-0.2, 0) is 13.0 Å². The smallest absolute Gasteiger partial charge is 0.270 e. The Labute approximate surface area is 153 Å². The van der Waals surface area contributed by atoms with Crippen molar-refractivity contribution in [3.63, 3.8) is 0 Å². The number of fused-ring (bicyclic) bond motifs is 1. The van der Waals surface area contributed by atoms with Gasteiger partial charge in [0.25, 0.3) is 11.6 Å². The quantitative estimate of drug-likeness (QED) is 0.639. The lowest BCUT2D eigenvalue weighted by Gasteiger charge is -2.35. The predicted molar refractivity (Wildman–Crippen MR) is 100 cm³/mol. The number of nitrogens with one attached hydrogen (secondary N) is 1. The summed E-state index contributed by atoms with van der Waals surface area (Å²) in [6, 6.07) is 14.5. The van der Waals surface area contributed by atoms with Gasteiger partial charge in [0.05, 0.1) is 4.92 Å². The topological polar surface area (TPSA) is 75.5 Å². The molecule has 0 spiro atoms. The first-order chi connectivity index (χ1) is 12.6. The molecule has 0 radical (unpaired) electrons. The molecule has 6 nitrogen and oxygen atoms in total. The van der Waals surface area contributed by atoms with Crippen molar-refractivity contribution in [2.24, 2.45) is 0 Å². The molecule has 0 fully saturated rings. The molecule has 1 N–H and O–H groups in total. The van der Waals surface area contributed by atoms with Crippen LogP contribution in [0.2, 0.25) is 0 Å². The molecule has 0 aromatic heterocycles. The minimum Gasteiger partial charge on any atom is -0.350 e. The van der Waals surface area contributed by atoms with Crippen molar-refractivity contribution in [2.75, 3.05) is 13.1 Å². The molecule has 2 aromatic rings. The maximum absolute atomic E-state index is 12.4. The monoisotopic (exact) mass is 353 g/mol. The van der Waals surface area contributed by atoms with Gasteiger partial charge in [0.1, 0.15) is 0 Å². The molecule has 1 heterocycles. The average Bonchev–Trinajstić information content (AvgIpc) is 2.68. The van der Waals surface area contributed by atoms with E-state index in [1.165, 1.54) is 29.3 Å². The molecule has 6 heteroatoms. The zero-order valence-electron chi connectivity index (χ0n) is 14.9. The van der Waals surface area contributed by atoms with Crippen molar-refractivity contribution < 1.29 is 9.72 Å². The van der Waals surface area contributed by atoms with Crippen LogP contribution in [0, 0.1) is 10.1 Å². The highest BCUT2D eigenvalue weighted by Gasteiger charge is 2.23. The summed E-state index contributed by atoms with van der Waals surface area (Å²) in [6.07, 6.45) is 1.95. The third kappa shape index (κ3) is 4.08. The van der Waals surface area contributed by atoms with E-state index in [4.69, 9.17) is 0 Å². The minimum atomic E-state index is -0.489. The highest BCUT2D eigenvalue weighted by Crippen LogP contribution is 2.21. The molecular weight excluding hydrogens is 330 g/mol. The van der Waals surface area contributed by atoms with Gasteiger partial charge in [-0.15, -0.1) is 0 Å². The lowest BCUT2D eigenvalue weighted by molar-refractivity contribution is -0.384. The van der Waals surface area contributed by atoms with Crippen molar-refractivity contribution in [1.82, 2.24) is 10.2 Å². The number of hydrogen-bond acceptors (Lipinski definition) is 4. The van der Waals surface area contributed by atoms with E-state index in [1.807, 2.05) is 0 Å². The summed E-state index contributed by atoms with van der Waals surface area (Å²) >= 11 is 0. The van der Waals surface area contributed by atoms with E-state index >= 15 is 0 Å². The van der Waals surface area contributed by atoms with Gasteiger partial charge >= 0.3 is 0 Å². The van der Waals surface area contributed by atoms with Gasteiger partial charge in [0, 0.05) is 43.4 Å². The molecule has 3 rings (SSSR count). The Kier molecular flexibility index (Phi) is 5.63. The van der Waals surface area contributed by atoms with E-state index in [0.717, 1.165) is 25.9 Å². The summed E-state index contributed by atoms with van der Waals surface area (Å²) in [5.74, 6) is -0.274. The van der Waals surface area contributed by atoms with E-state index in [-0.39, 0.29) is 17.6 Å². The Balaban J connectivity index is 1.62. The zero-order valence-corrected chi connectivity index (χ0v) is 14.9. The van der Waals surface area contributed by atoms with Crippen LogP contribution in [-0.4, -0.2) is 34.9 Å². The minimum absolute atomic E-state index is 0.0719. The fourth-order valence-corrected chi connectivity index (χ4v) is 3.43. The molecule has 0 saturated carbocycles. The standard InChI is InChI=1S/C20H23N3O3/c1-2-18(22-11-10-15-6-3-4-7-17(15)14-22)13-21-20(24)16-8-5-9-19(12-16)23(25)26/h3-9,12,18H,2,10-11,13-14H2,1H3,(H,21,24)/t18-/m0/s1. The van der Waals surface area contributed by atoms with Crippen LogP contribution in [0.15, 0.2) is 48.5 Å². The van der Waals surface area contributed by atoms with Crippen molar-refractivity contribution in [2.45, 2.75) is 32.4 Å². The zero-order chi connectivity index (χ0) is 18.5. The van der Waals surface area contributed by atoms with Crippen molar-refractivity contribution in [3.8, 4) is 0 Å². The average molecular weight is 353 g/mol. The summed E-state index contributed by atoms with van der Waals surface area (Å²) in [5, 5.41) is 13.8. The Bertz CT molecular complexity index is 806. The van der Waals surface area contributed by atoms with Crippen LogP contribution in [0.3, 0.4) is 0 Å². The first-order valence-electron chi connectivity index (χ1n) is 8.92. The number of amides is 1. The molecule has 1 amide bonds. The molecule has 0 saturated heterocycles. The van der Waals surface area contributed by atoms with E-state index in [1.54, 1.807) is 6.07 Å². The van der Waals surface area contributed by atoms with Crippen LogP contribution in [0.5, 0.6) is 0 Å². The van der Waals surface area contributed by atoms with E-state index in [2.05, 4.69) is 41.4 Å². The van der Waals surface area contributed by atoms with Crippen molar-refractivity contribution >= 4 is 11.6 Å². The second-order valence-electron chi connectivity index (χ2n) is 6.57. The fraction of sp³-hybridized carbons (Fsp3) is 0.350. The van der Waals surface area contributed by atoms with Gasteiger partial charge in [-0.25, -0.2) is 0 Å². The SMILES string of the molecule is CC[C@@H](CNC(=O)c1cccc([N+](=O)[O-])c1)N1CCc2ccccc2C1. The Hall–Kier alpha value is -2.73. The van der Waals surface area contributed by atoms with Crippen LogP contribution < -0.4 is 5.32 Å². The molecule has 136 valence electrons. The second kappa shape index (κ2) is 8.10. The normalized spacial score (nSPS) is 15.1. The van der Waals surface area contributed by atoms with Gasteiger partial charge < -0.3 is 5.32 Å². The molecule has 1 atom stereocenters. The number of nitro benzene ring substituents is 1. The fourth-order valence-electron chi connectivity index (χ4n) is 3.43. The first-order valence-corrected chi connectivity index (χ1v) is 8.92. The van der Waals surface area contributed by atoms with Crippen LogP contribution in [0.1, 0.15) is 34.8 Å². The predicted octanol–water partition coefficient (Wildman–Crippen LogP) is 3.16.